The summed E-state index contributed by atoms with van der Waals surface area (Å²) >= 11 is 1.85. The Morgan fingerprint density at radius 2 is 1.81 bits per heavy atom. The Labute approximate surface area is 160 Å². The summed E-state index contributed by atoms with van der Waals surface area (Å²) in [5.41, 5.74) is 3.83. The summed E-state index contributed by atoms with van der Waals surface area (Å²) in [6, 6.07) is 4.18. The van der Waals surface area contributed by atoms with Gasteiger partial charge in [-0.1, -0.05) is 31.5 Å². The second-order valence-corrected chi connectivity index (χ2v) is 10.2. The summed E-state index contributed by atoms with van der Waals surface area (Å²) in [6.45, 7) is 10.5. The number of Topliss-reactive ketones (excluding diaryl/α,β-unsaturated/α-hetero) is 2. The van der Waals surface area contributed by atoms with E-state index >= 15 is 0 Å². The first-order chi connectivity index (χ1) is 12.2. The van der Waals surface area contributed by atoms with Crippen LogP contribution in [0.15, 0.2) is 12.1 Å². The molecule has 0 aromatic heterocycles. The van der Waals surface area contributed by atoms with Gasteiger partial charge in [0.25, 0.3) is 0 Å². The monoisotopic (exact) mass is 372 g/mol. The molecule has 0 amide bonds. The molecule has 2 bridgehead atoms. The molecule has 3 aliphatic rings. The van der Waals surface area contributed by atoms with E-state index in [1.807, 2.05) is 25.6 Å². The second kappa shape index (κ2) is 6.20. The predicted octanol–water partition coefficient (Wildman–Crippen LogP) is 4.15. The molecule has 0 radical (unpaired) electrons. The first kappa shape index (κ1) is 18.2. The highest BCUT2D eigenvalue weighted by atomic mass is 32.2. The van der Waals surface area contributed by atoms with Crippen LogP contribution in [0.2, 0.25) is 0 Å². The molecule has 1 aromatic carbocycles. The average Bonchev–Trinajstić information content (AvgIpc) is 3.18. The molecule has 3 nitrogen and oxygen atoms in total. The van der Waals surface area contributed by atoms with Gasteiger partial charge in [-0.2, -0.15) is 11.8 Å². The highest BCUT2D eigenvalue weighted by molar-refractivity contribution is 7.99. The van der Waals surface area contributed by atoms with Crippen LogP contribution in [0, 0.1) is 32.6 Å². The molecule has 1 aliphatic carbocycles. The zero-order chi connectivity index (χ0) is 18.8. The summed E-state index contributed by atoms with van der Waals surface area (Å²) in [7, 11) is 0. The van der Waals surface area contributed by atoms with Crippen molar-refractivity contribution in [2.45, 2.75) is 70.3 Å². The number of hydrogen-bond donors (Lipinski definition) is 0. The van der Waals surface area contributed by atoms with Crippen molar-refractivity contribution in [3.8, 4) is 0 Å². The van der Waals surface area contributed by atoms with Crippen LogP contribution in [0.1, 0.15) is 54.9 Å². The minimum atomic E-state index is -0.585. The maximum absolute atomic E-state index is 13.5. The number of aryl methyl sites for hydroxylation is 3. The molecule has 26 heavy (non-hydrogen) atoms. The number of carbonyl (C=O) groups is 2. The highest BCUT2D eigenvalue weighted by Crippen LogP contribution is 2.59. The van der Waals surface area contributed by atoms with Gasteiger partial charge < -0.3 is 4.74 Å². The molecule has 140 valence electrons. The maximum Gasteiger partial charge on any atom is 0.154 e. The quantitative estimate of drug-likeness (QED) is 0.745. The van der Waals surface area contributed by atoms with Gasteiger partial charge in [0.1, 0.15) is 5.92 Å². The molecule has 4 rings (SSSR count). The van der Waals surface area contributed by atoms with E-state index in [0.717, 1.165) is 35.3 Å². The van der Waals surface area contributed by atoms with Crippen LogP contribution >= 0.6 is 11.8 Å². The molecule has 3 fully saturated rings. The fourth-order valence-electron chi connectivity index (χ4n) is 5.56. The van der Waals surface area contributed by atoms with Crippen LogP contribution in [0.4, 0.5) is 0 Å². The van der Waals surface area contributed by atoms with Crippen molar-refractivity contribution >= 4 is 23.3 Å². The molecular weight excluding hydrogens is 344 g/mol. The van der Waals surface area contributed by atoms with Gasteiger partial charge in [-0.15, -0.1) is 0 Å². The summed E-state index contributed by atoms with van der Waals surface area (Å²) in [5, 5.41) is 0.496. The summed E-state index contributed by atoms with van der Waals surface area (Å²) in [4.78, 5) is 26.9. The fourth-order valence-corrected chi connectivity index (χ4v) is 6.57. The van der Waals surface area contributed by atoms with E-state index in [2.05, 4.69) is 32.9 Å². The van der Waals surface area contributed by atoms with Crippen molar-refractivity contribution < 1.29 is 14.3 Å². The lowest BCUT2D eigenvalue weighted by molar-refractivity contribution is -0.129. The van der Waals surface area contributed by atoms with Crippen molar-refractivity contribution in [3.63, 3.8) is 0 Å². The Hall–Kier alpha value is -1.13. The molecule has 2 heterocycles. The second-order valence-electron chi connectivity index (χ2n) is 8.67. The Kier molecular flexibility index (Phi) is 4.35. The maximum atomic E-state index is 13.5. The van der Waals surface area contributed by atoms with Crippen LogP contribution in [0.3, 0.4) is 0 Å². The lowest BCUT2D eigenvalue weighted by atomic mass is 9.74. The van der Waals surface area contributed by atoms with Gasteiger partial charge in [-0.25, -0.2) is 0 Å². The van der Waals surface area contributed by atoms with Gasteiger partial charge in [0, 0.05) is 5.75 Å². The van der Waals surface area contributed by atoms with Gasteiger partial charge in [-0.05, 0) is 55.6 Å². The van der Waals surface area contributed by atoms with E-state index in [0.29, 0.717) is 5.25 Å². The lowest BCUT2D eigenvalue weighted by Gasteiger charge is -2.32. The lowest BCUT2D eigenvalue weighted by Crippen LogP contribution is -2.42. The first-order valence-electron chi connectivity index (χ1n) is 9.70. The number of benzene rings is 1. The molecular formula is C22H28O3S. The van der Waals surface area contributed by atoms with Crippen molar-refractivity contribution in [1.82, 2.24) is 0 Å². The van der Waals surface area contributed by atoms with E-state index in [-0.39, 0.29) is 29.5 Å². The summed E-state index contributed by atoms with van der Waals surface area (Å²) in [5.74, 6) is -0.0181. The van der Waals surface area contributed by atoms with Crippen molar-refractivity contribution in [3.05, 3.63) is 34.4 Å². The number of fused-ring (bicyclic) bond motifs is 5. The van der Waals surface area contributed by atoms with Crippen LogP contribution in [0.25, 0.3) is 0 Å². The zero-order valence-corrected chi connectivity index (χ0v) is 17.1. The number of rotatable bonds is 4. The van der Waals surface area contributed by atoms with E-state index in [9.17, 15) is 9.59 Å². The third kappa shape index (κ3) is 2.52. The smallest absolute Gasteiger partial charge is 0.154 e. The van der Waals surface area contributed by atoms with Crippen LogP contribution in [-0.4, -0.2) is 34.3 Å². The molecule has 4 heteroatoms. The fraction of sp³-hybridized carbons (Fsp3) is 0.636. The van der Waals surface area contributed by atoms with E-state index in [1.54, 1.807) is 0 Å². The van der Waals surface area contributed by atoms with Crippen molar-refractivity contribution in [1.29, 1.82) is 0 Å². The Balaban J connectivity index is 1.73. The molecule has 2 saturated heterocycles. The van der Waals surface area contributed by atoms with E-state index in [4.69, 9.17) is 4.74 Å². The first-order valence-corrected chi connectivity index (χ1v) is 10.7. The Bertz CT molecular complexity index is 761. The molecule has 0 N–H and O–H groups in total. The van der Waals surface area contributed by atoms with E-state index in [1.165, 1.54) is 5.56 Å². The Morgan fingerprint density at radius 1 is 1.15 bits per heavy atom. The predicted molar refractivity (Wildman–Crippen MR) is 105 cm³/mol. The molecule has 5 atom stereocenters. The number of ether oxygens (including phenoxy) is 1. The highest BCUT2D eigenvalue weighted by Gasteiger charge is 2.69. The third-order valence-electron chi connectivity index (χ3n) is 6.46. The van der Waals surface area contributed by atoms with Gasteiger partial charge in [0.05, 0.1) is 23.5 Å². The standard InChI is InChI=1S/C22H28O3S/c1-11(2)26-10-22-7-6-15(25-22)17-19(22)21(24)18(20(17)23)16-13(4)8-12(3)9-14(16)5/h8-9,11,15,17-19H,6-7,10H2,1-5H3/t15-,17-,18?,19+,22-/m0/s1. The minimum absolute atomic E-state index is 0.0553. The number of thioether (sulfide) groups is 1. The average molecular weight is 373 g/mol. The molecule has 1 aromatic rings. The SMILES string of the molecule is Cc1cc(C)c(C2C(=O)[C@H]3[C@@H]4CC[C@@](CSC(C)C)(O4)[C@H]3C2=O)c(C)c1. The van der Waals surface area contributed by atoms with Gasteiger partial charge in [0.15, 0.2) is 11.6 Å². The topological polar surface area (TPSA) is 43.4 Å². The molecule has 2 aliphatic heterocycles. The normalized spacial score (nSPS) is 35.6. The van der Waals surface area contributed by atoms with Crippen molar-refractivity contribution in [2.24, 2.45) is 11.8 Å². The zero-order valence-electron chi connectivity index (χ0n) is 16.3. The number of ketones is 2. The minimum Gasteiger partial charge on any atom is -0.369 e. The van der Waals surface area contributed by atoms with Crippen LogP contribution < -0.4 is 0 Å². The van der Waals surface area contributed by atoms with Gasteiger partial charge in [-0.3, -0.25) is 9.59 Å². The third-order valence-corrected chi connectivity index (χ3v) is 7.78. The van der Waals surface area contributed by atoms with Gasteiger partial charge in [0.2, 0.25) is 0 Å². The van der Waals surface area contributed by atoms with Crippen LogP contribution in [0.5, 0.6) is 0 Å². The number of carbonyl (C=O) groups excluding carboxylic acids is 2. The largest absolute Gasteiger partial charge is 0.369 e. The number of hydrogen-bond acceptors (Lipinski definition) is 4. The van der Waals surface area contributed by atoms with Crippen LogP contribution in [-0.2, 0) is 14.3 Å². The van der Waals surface area contributed by atoms with Crippen molar-refractivity contribution in [2.75, 3.05) is 5.75 Å². The Morgan fingerprint density at radius 3 is 2.42 bits per heavy atom. The molecule has 1 unspecified atom stereocenters. The molecule has 1 saturated carbocycles. The summed E-state index contributed by atoms with van der Waals surface area (Å²) in [6.07, 6.45) is 1.77. The van der Waals surface area contributed by atoms with E-state index < -0.39 is 11.5 Å². The molecule has 0 spiro atoms. The summed E-state index contributed by atoms with van der Waals surface area (Å²) < 4.78 is 6.32. The van der Waals surface area contributed by atoms with Gasteiger partial charge >= 0.3 is 0 Å².